The Morgan fingerprint density at radius 3 is 3.00 bits per heavy atom. The van der Waals surface area contributed by atoms with E-state index in [-0.39, 0.29) is 0 Å². The van der Waals surface area contributed by atoms with Gasteiger partial charge in [-0.3, -0.25) is 4.79 Å². The summed E-state index contributed by atoms with van der Waals surface area (Å²) in [5, 5.41) is 3.82. The van der Waals surface area contributed by atoms with Gasteiger partial charge in [-0.25, -0.2) is 0 Å². The van der Waals surface area contributed by atoms with Gasteiger partial charge in [-0.2, -0.15) is 0 Å². The topological polar surface area (TPSA) is 58.4 Å². The van der Waals surface area contributed by atoms with E-state index in [1.165, 1.54) is 6.42 Å². The number of piperidine rings is 1. The maximum absolute atomic E-state index is 11.2. The van der Waals surface area contributed by atoms with Crippen LogP contribution in [0.2, 0.25) is 5.02 Å². The molecule has 1 fully saturated rings. The largest absolute Gasteiger partial charge is 0.381 e. The van der Waals surface area contributed by atoms with Crippen LogP contribution < -0.4 is 11.1 Å². The number of hydrogen-bond donors (Lipinski definition) is 2. The summed E-state index contributed by atoms with van der Waals surface area (Å²) >= 11 is 5.92. The van der Waals surface area contributed by atoms with Crippen LogP contribution in [-0.4, -0.2) is 37.0 Å². The van der Waals surface area contributed by atoms with Gasteiger partial charge in [-0.15, -0.1) is 0 Å². The molecule has 1 atom stereocenters. The number of likely N-dealkylation sites (N-methyl/N-ethyl adjacent to an activating group) is 1. The number of hydrogen-bond acceptors (Lipinski definition) is 3. The minimum Gasteiger partial charge on any atom is -0.381 e. The molecule has 1 unspecified atom stereocenters. The van der Waals surface area contributed by atoms with Crippen molar-refractivity contribution < 1.29 is 4.79 Å². The summed E-state index contributed by atoms with van der Waals surface area (Å²) in [7, 11) is 2.12. The van der Waals surface area contributed by atoms with Crippen molar-refractivity contribution in [1.82, 2.24) is 4.90 Å². The highest BCUT2D eigenvalue weighted by Gasteiger charge is 2.17. The Hall–Kier alpha value is -1.26. The Labute approximate surface area is 112 Å². The van der Waals surface area contributed by atoms with Gasteiger partial charge in [0.1, 0.15) is 0 Å². The molecular weight excluding hydrogens is 250 g/mol. The molecule has 18 heavy (non-hydrogen) atoms. The van der Waals surface area contributed by atoms with Crippen molar-refractivity contribution in [1.29, 1.82) is 0 Å². The normalized spacial score (nSPS) is 20.7. The lowest BCUT2D eigenvalue weighted by atomic mass is 10.1. The second-order valence-corrected chi connectivity index (χ2v) is 5.21. The third kappa shape index (κ3) is 3.15. The van der Waals surface area contributed by atoms with Crippen LogP contribution in [0.25, 0.3) is 0 Å². The molecule has 1 aromatic rings. The number of likely N-dealkylation sites (tertiary alicyclic amines) is 1. The molecule has 5 heteroatoms. The number of carbonyl (C=O) groups excluding carboxylic acids is 1. The van der Waals surface area contributed by atoms with Crippen LogP contribution in [0, 0.1) is 0 Å². The van der Waals surface area contributed by atoms with E-state index in [4.69, 9.17) is 17.3 Å². The Bertz CT molecular complexity index is 450. The summed E-state index contributed by atoms with van der Waals surface area (Å²) in [6.45, 7) is 2.15. The van der Waals surface area contributed by atoms with Crippen LogP contribution >= 0.6 is 11.6 Å². The van der Waals surface area contributed by atoms with E-state index in [0.717, 1.165) is 25.2 Å². The molecule has 4 nitrogen and oxygen atoms in total. The number of nitrogens with zero attached hydrogens (tertiary/aromatic N) is 1. The van der Waals surface area contributed by atoms with Gasteiger partial charge in [0.25, 0.3) is 0 Å². The SMILES string of the molecule is CN1CCCC(Nc2ccc(Cl)c(C(N)=O)c2)C1. The summed E-state index contributed by atoms with van der Waals surface area (Å²) in [5.74, 6) is -0.496. The lowest BCUT2D eigenvalue weighted by Crippen LogP contribution is -2.39. The zero-order valence-electron chi connectivity index (χ0n) is 10.4. The number of amides is 1. The molecule has 0 aromatic heterocycles. The molecule has 1 heterocycles. The van der Waals surface area contributed by atoms with Gasteiger partial charge >= 0.3 is 0 Å². The summed E-state index contributed by atoms with van der Waals surface area (Å²) in [6, 6.07) is 5.71. The molecule has 1 aliphatic heterocycles. The van der Waals surface area contributed by atoms with Crippen molar-refractivity contribution in [3.8, 4) is 0 Å². The number of benzene rings is 1. The molecule has 0 spiro atoms. The summed E-state index contributed by atoms with van der Waals surface area (Å²) in [5.41, 5.74) is 6.54. The van der Waals surface area contributed by atoms with Gasteiger partial charge < -0.3 is 16.0 Å². The molecule has 3 N–H and O–H groups in total. The summed E-state index contributed by atoms with van der Waals surface area (Å²) in [4.78, 5) is 13.5. The first kappa shape index (κ1) is 13.2. The van der Waals surface area contributed by atoms with Crippen molar-refractivity contribution in [2.75, 3.05) is 25.5 Å². The molecule has 0 saturated carbocycles. The zero-order valence-corrected chi connectivity index (χ0v) is 11.2. The number of nitrogens with one attached hydrogen (secondary N) is 1. The van der Waals surface area contributed by atoms with Gasteiger partial charge in [-0.1, -0.05) is 11.6 Å². The molecule has 0 aliphatic carbocycles. The molecular formula is C13H18ClN3O. The first-order valence-corrected chi connectivity index (χ1v) is 6.48. The minimum absolute atomic E-state index is 0.367. The van der Waals surface area contributed by atoms with E-state index in [2.05, 4.69) is 17.3 Å². The fourth-order valence-electron chi connectivity index (χ4n) is 2.32. The zero-order chi connectivity index (χ0) is 13.1. The number of carbonyl (C=O) groups is 1. The smallest absolute Gasteiger partial charge is 0.250 e. The van der Waals surface area contributed by atoms with Crippen molar-refractivity contribution in [3.05, 3.63) is 28.8 Å². The highest BCUT2D eigenvalue weighted by atomic mass is 35.5. The van der Waals surface area contributed by atoms with Crippen LogP contribution in [0.3, 0.4) is 0 Å². The number of nitrogens with two attached hydrogens (primary N) is 1. The lowest BCUT2D eigenvalue weighted by molar-refractivity contribution is 0.100. The standard InChI is InChI=1S/C13H18ClN3O/c1-17-6-2-3-10(8-17)16-9-4-5-12(14)11(7-9)13(15)18/h4-5,7,10,16H,2-3,6,8H2,1H3,(H2,15,18). The van der Waals surface area contributed by atoms with E-state index < -0.39 is 5.91 Å². The van der Waals surface area contributed by atoms with E-state index in [0.29, 0.717) is 16.6 Å². The number of anilines is 1. The second-order valence-electron chi connectivity index (χ2n) is 4.80. The van der Waals surface area contributed by atoms with E-state index in [1.54, 1.807) is 12.1 Å². The predicted octanol–water partition coefficient (Wildman–Crippen LogP) is 1.95. The van der Waals surface area contributed by atoms with Crippen molar-refractivity contribution in [3.63, 3.8) is 0 Å². The summed E-state index contributed by atoms with van der Waals surface area (Å²) < 4.78 is 0. The average molecular weight is 268 g/mol. The molecule has 0 radical (unpaired) electrons. The third-order valence-corrected chi connectivity index (χ3v) is 3.56. The van der Waals surface area contributed by atoms with Gasteiger partial charge in [0.15, 0.2) is 0 Å². The van der Waals surface area contributed by atoms with Crippen LogP contribution in [0.15, 0.2) is 18.2 Å². The van der Waals surface area contributed by atoms with Gasteiger partial charge in [-0.05, 0) is 44.6 Å². The monoisotopic (exact) mass is 267 g/mol. The predicted molar refractivity (Wildman–Crippen MR) is 74.1 cm³/mol. The molecule has 0 bridgehead atoms. The molecule has 2 rings (SSSR count). The first-order chi connectivity index (χ1) is 8.56. The Balaban J connectivity index is 2.09. The fraction of sp³-hybridized carbons (Fsp3) is 0.462. The molecule has 98 valence electrons. The Morgan fingerprint density at radius 1 is 1.56 bits per heavy atom. The molecule has 1 saturated heterocycles. The highest BCUT2D eigenvalue weighted by Crippen LogP contribution is 2.22. The maximum Gasteiger partial charge on any atom is 0.250 e. The van der Waals surface area contributed by atoms with E-state index in [1.807, 2.05) is 6.07 Å². The van der Waals surface area contributed by atoms with Crippen LogP contribution in [0.1, 0.15) is 23.2 Å². The van der Waals surface area contributed by atoms with Crippen molar-refractivity contribution >= 4 is 23.2 Å². The van der Waals surface area contributed by atoms with Gasteiger partial charge in [0.05, 0.1) is 10.6 Å². The molecule has 1 aromatic carbocycles. The van der Waals surface area contributed by atoms with Crippen molar-refractivity contribution in [2.45, 2.75) is 18.9 Å². The number of halogens is 1. The van der Waals surface area contributed by atoms with E-state index >= 15 is 0 Å². The number of rotatable bonds is 3. The average Bonchev–Trinajstić information content (AvgIpc) is 2.31. The quantitative estimate of drug-likeness (QED) is 0.880. The fourth-order valence-corrected chi connectivity index (χ4v) is 2.53. The highest BCUT2D eigenvalue weighted by molar-refractivity contribution is 6.33. The Morgan fingerprint density at radius 2 is 2.33 bits per heavy atom. The number of primary amides is 1. The lowest BCUT2D eigenvalue weighted by Gasteiger charge is -2.31. The van der Waals surface area contributed by atoms with Crippen molar-refractivity contribution in [2.24, 2.45) is 5.73 Å². The van der Waals surface area contributed by atoms with Crippen LogP contribution in [-0.2, 0) is 0 Å². The molecule has 1 amide bonds. The minimum atomic E-state index is -0.496. The third-order valence-electron chi connectivity index (χ3n) is 3.23. The molecule has 1 aliphatic rings. The Kier molecular flexibility index (Phi) is 4.09. The van der Waals surface area contributed by atoms with Crippen LogP contribution in [0.5, 0.6) is 0 Å². The van der Waals surface area contributed by atoms with Gasteiger partial charge in [0, 0.05) is 18.3 Å². The maximum atomic E-state index is 11.2. The van der Waals surface area contributed by atoms with Gasteiger partial charge in [0.2, 0.25) is 5.91 Å². The van der Waals surface area contributed by atoms with E-state index in [9.17, 15) is 4.79 Å². The first-order valence-electron chi connectivity index (χ1n) is 6.10. The summed E-state index contributed by atoms with van der Waals surface area (Å²) in [6.07, 6.45) is 2.32. The van der Waals surface area contributed by atoms with Crippen LogP contribution in [0.4, 0.5) is 5.69 Å². The second kappa shape index (κ2) is 5.59.